The third-order valence-corrected chi connectivity index (χ3v) is 7.32. The number of fused-ring (bicyclic) bond motifs is 1. The zero-order valence-electron chi connectivity index (χ0n) is 19.4. The first-order chi connectivity index (χ1) is 16.9. The molecule has 182 valence electrons. The highest BCUT2D eigenvalue weighted by Crippen LogP contribution is 2.52. The van der Waals surface area contributed by atoms with Gasteiger partial charge in [0.2, 0.25) is 0 Å². The van der Waals surface area contributed by atoms with Gasteiger partial charge in [-0.05, 0) is 37.1 Å². The smallest absolute Gasteiger partial charge is 0.251 e. The number of halogens is 3. The van der Waals surface area contributed by atoms with E-state index in [0.29, 0.717) is 12.0 Å². The van der Waals surface area contributed by atoms with Gasteiger partial charge in [-0.3, -0.25) is 4.79 Å². The summed E-state index contributed by atoms with van der Waals surface area (Å²) in [5, 5.41) is 5.77. The molecule has 2 heterocycles. The lowest BCUT2D eigenvalue weighted by atomic mass is 9.80. The predicted octanol–water partition coefficient (Wildman–Crippen LogP) is 5.24. The molecule has 8 heteroatoms. The maximum atomic E-state index is 15.8. The number of ether oxygens (including phenoxy) is 2. The molecule has 5 nitrogen and oxygen atoms in total. The fraction of sp³-hybridized carbons (Fsp3) is 0.296. The fourth-order valence-corrected chi connectivity index (χ4v) is 5.57. The molecule has 35 heavy (non-hydrogen) atoms. The number of rotatable bonds is 5. The van der Waals surface area contributed by atoms with E-state index in [2.05, 4.69) is 10.6 Å². The average Bonchev–Trinajstić information content (AvgIpc) is 3.54. The van der Waals surface area contributed by atoms with Crippen LogP contribution < -0.4 is 20.1 Å². The highest BCUT2D eigenvalue weighted by molar-refractivity contribution is 6.34. The summed E-state index contributed by atoms with van der Waals surface area (Å²) in [4.78, 5) is 12.7. The van der Waals surface area contributed by atoms with Gasteiger partial charge in [-0.1, -0.05) is 41.9 Å². The van der Waals surface area contributed by atoms with Crippen LogP contribution in [-0.2, 0) is 12.0 Å². The first-order valence-electron chi connectivity index (χ1n) is 11.5. The van der Waals surface area contributed by atoms with Gasteiger partial charge in [0.05, 0.1) is 23.7 Å². The summed E-state index contributed by atoms with van der Waals surface area (Å²) in [6.45, 7) is 0.840. The predicted molar refractivity (Wildman–Crippen MR) is 130 cm³/mol. The summed E-state index contributed by atoms with van der Waals surface area (Å²) in [5.74, 6) is -1.87. The van der Waals surface area contributed by atoms with E-state index in [1.54, 1.807) is 0 Å². The van der Waals surface area contributed by atoms with E-state index in [1.807, 2.05) is 30.3 Å². The van der Waals surface area contributed by atoms with Crippen molar-refractivity contribution in [1.82, 2.24) is 10.6 Å². The van der Waals surface area contributed by atoms with Crippen LogP contribution in [0.1, 0.15) is 34.3 Å². The molecular formula is C27H25ClF2N2O3. The summed E-state index contributed by atoms with van der Waals surface area (Å²) in [6, 6.07) is 13.8. The van der Waals surface area contributed by atoms with Gasteiger partial charge < -0.3 is 20.1 Å². The summed E-state index contributed by atoms with van der Waals surface area (Å²) in [5.41, 5.74) is 0.650. The Labute approximate surface area is 207 Å². The van der Waals surface area contributed by atoms with Gasteiger partial charge in [-0.25, -0.2) is 8.78 Å². The highest BCUT2D eigenvalue weighted by Gasteiger charge is 2.50. The van der Waals surface area contributed by atoms with Crippen molar-refractivity contribution in [1.29, 1.82) is 0 Å². The molecule has 1 saturated heterocycles. The number of amides is 1. The summed E-state index contributed by atoms with van der Waals surface area (Å²) in [7, 11) is 2.77. The van der Waals surface area contributed by atoms with E-state index in [9.17, 15) is 4.79 Å². The quantitative estimate of drug-likeness (QED) is 0.505. The average molecular weight is 499 g/mol. The molecule has 0 radical (unpaired) electrons. The molecule has 2 N–H and O–H groups in total. The molecule has 0 aliphatic carbocycles. The third kappa shape index (κ3) is 3.74. The Hall–Kier alpha value is -3.16. The van der Waals surface area contributed by atoms with Crippen LogP contribution in [0, 0.1) is 11.6 Å². The lowest BCUT2D eigenvalue weighted by molar-refractivity contribution is 0.0539. The van der Waals surface area contributed by atoms with E-state index in [1.165, 1.54) is 32.4 Å². The van der Waals surface area contributed by atoms with Crippen molar-refractivity contribution in [2.45, 2.75) is 30.9 Å². The maximum Gasteiger partial charge on any atom is 0.251 e. The number of carbonyl (C=O) groups is 1. The van der Waals surface area contributed by atoms with E-state index in [-0.39, 0.29) is 39.3 Å². The lowest BCUT2D eigenvalue weighted by Gasteiger charge is -2.35. The van der Waals surface area contributed by atoms with Gasteiger partial charge in [0.25, 0.3) is 5.91 Å². The molecule has 3 aromatic carbocycles. The molecule has 5 rings (SSSR count). The molecule has 0 aromatic heterocycles. The Morgan fingerprint density at radius 3 is 2.63 bits per heavy atom. The molecule has 2 aliphatic rings. The Bertz CT molecular complexity index is 1300. The minimum atomic E-state index is -0.839. The molecule has 2 atom stereocenters. The second-order valence-corrected chi connectivity index (χ2v) is 9.17. The van der Waals surface area contributed by atoms with Crippen molar-refractivity contribution in [3.63, 3.8) is 0 Å². The topological polar surface area (TPSA) is 59.6 Å². The maximum absolute atomic E-state index is 15.8. The monoisotopic (exact) mass is 498 g/mol. The minimum absolute atomic E-state index is 0.0247. The first kappa shape index (κ1) is 23.6. The van der Waals surface area contributed by atoms with Crippen LogP contribution in [0.4, 0.5) is 8.78 Å². The number of hydrogen-bond donors (Lipinski definition) is 2. The van der Waals surface area contributed by atoms with E-state index < -0.39 is 23.1 Å². The van der Waals surface area contributed by atoms with E-state index in [4.69, 9.17) is 21.1 Å². The van der Waals surface area contributed by atoms with Crippen LogP contribution in [-0.4, -0.2) is 32.7 Å². The van der Waals surface area contributed by atoms with Gasteiger partial charge >= 0.3 is 0 Å². The number of carbonyl (C=O) groups excluding carboxylic acids is 1. The normalized spacial score (nSPS) is 20.9. The molecular weight excluding hydrogens is 474 g/mol. The van der Waals surface area contributed by atoms with Crippen molar-refractivity contribution in [2.75, 3.05) is 20.7 Å². The first-order valence-corrected chi connectivity index (χ1v) is 11.9. The molecule has 0 spiro atoms. The standard InChI is InChI=1S/C27H25ClF2N2O3/c1-31-26(33)16-10-11-19(34-2)25(30)23(16)22-17-14-27(21-9-6-12-32-21,15-7-4-3-5-8-15)35-20(17)13-18(29)24(22)28/h3-5,7-8,10-11,13,21,32H,6,9,12,14H2,1-2H3,(H,31,33)/t21-,27?/m0/s1. The number of nitrogens with one attached hydrogen (secondary N) is 2. The van der Waals surface area contributed by atoms with Crippen molar-refractivity contribution >= 4 is 17.5 Å². The second kappa shape index (κ2) is 9.13. The summed E-state index contributed by atoms with van der Waals surface area (Å²) < 4.78 is 42.7. The van der Waals surface area contributed by atoms with Crippen LogP contribution in [0.3, 0.4) is 0 Å². The lowest BCUT2D eigenvalue weighted by Crippen LogP contribution is -2.48. The van der Waals surface area contributed by atoms with Crippen LogP contribution in [0.15, 0.2) is 48.5 Å². The van der Waals surface area contributed by atoms with Crippen molar-refractivity contribution in [3.8, 4) is 22.6 Å². The van der Waals surface area contributed by atoms with E-state index >= 15 is 8.78 Å². The zero-order valence-corrected chi connectivity index (χ0v) is 20.1. The largest absolute Gasteiger partial charge is 0.494 e. The van der Waals surface area contributed by atoms with Crippen LogP contribution in [0.2, 0.25) is 5.02 Å². The van der Waals surface area contributed by atoms with Gasteiger partial charge in [0, 0.05) is 36.2 Å². The van der Waals surface area contributed by atoms with Crippen molar-refractivity contribution in [3.05, 3.63) is 81.9 Å². The zero-order chi connectivity index (χ0) is 24.7. The van der Waals surface area contributed by atoms with Crippen LogP contribution in [0.5, 0.6) is 11.5 Å². The Morgan fingerprint density at radius 2 is 1.97 bits per heavy atom. The molecule has 1 unspecified atom stereocenters. The molecule has 1 fully saturated rings. The minimum Gasteiger partial charge on any atom is -0.494 e. The van der Waals surface area contributed by atoms with Crippen LogP contribution >= 0.6 is 11.6 Å². The summed E-state index contributed by atoms with van der Waals surface area (Å²) >= 11 is 6.51. The van der Waals surface area contributed by atoms with Gasteiger partial charge in [-0.2, -0.15) is 0 Å². The Morgan fingerprint density at radius 1 is 1.20 bits per heavy atom. The van der Waals surface area contributed by atoms with E-state index in [0.717, 1.165) is 24.9 Å². The molecule has 1 amide bonds. The van der Waals surface area contributed by atoms with Gasteiger partial charge in [-0.15, -0.1) is 0 Å². The van der Waals surface area contributed by atoms with Gasteiger partial charge in [0.15, 0.2) is 17.2 Å². The Kier molecular flexibility index (Phi) is 6.15. The Balaban J connectivity index is 1.77. The number of methoxy groups -OCH3 is 1. The summed E-state index contributed by atoms with van der Waals surface area (Å²) in [6.07, 6.45) is 2.17. The number of hydrogen-bond acceptors (Lipinski definition) is 4. The molecule has 0 saturated carbocycles. The van der Waals surface area contributed by atoms with Crippen LogP contribution in [0.25, 0.3) is 11.1 Å². The molecule has 2 aliphatic heterocycles. The number of benzene rings is 3. The fourth-order valence-electron chi connectivity index (χ4n) is 5.31. The van der Waals surface area contributed by atoms with Crippen molar-refractivity contribution < 1.29 is 23.0 Å². The highest BCUT2D eigenvalue weighted by atomic mass is 35.5. The third-order valence-electron chi connectivity index (χ3n) is 6.95. The SMILES string of the molecule is CNC(=O)c1ccc(OC)c(F)c1-c1c(Cl)c(F)cc2c1CC(c1ccccc1)([C@@H]1CCCN1)O2. The van der Waals surface area contributed by atoms with Gasteiger partial charge in [0.1, 0.15) is 11.6 Å². The molecule has 3 aromatic rings. The second-order valence-electron chi connectivity index (χ2n) is 8.79. The molecule has 0 bridgehead atoms. The van der Waals surface area contributed by atoms with Crippen molar-refractivity contribution in [2.24, 2.45) is 0 Å².